The van der Waals surface area contributed by atoms with Crippen LogP contribution in [0.25, 0.3) is 11.0 Å². The van der Waals surface area contributed by atoms with Crippen LogP contribution in [0.15, 0.2) is 39.5 Å². The predicted octanol–water partition coefficient (Wildman–Crippen LogP) is 5.55. The predicted molar refractivity (Wildman–Crippen MR) is 129 cm³/mol. The summed E-state index contributed by atoms with van der Waals surface area (Å²) in [5.74, 6) is 1.12. The van der Waals surface area contributed by atoms with Gasteiger partial charge >= 0.3 is 0 Å². The first kappa shape index (κ1) is 22.9. The quantitative estimate of drug-likeness (QED) is 0.422. The van der Waals surface area contributed by atoms with Gasteiger partial charge in [0.25, 0.3) is 5.91 Å². The molecule has 2 aromatic carbocycles. The van der Waals surface area contributed by atoms with Crippen molar-refractivity contribution >= 4 is 16.9 Å². The molecule has 1 amide bonds. The minimum Gasteiger partial charge on any atom is -0.493 e. The minimum absolute atomic E-state index is 0.137. The molecule has 1 atom stereocenters. The van der Waals surface area contributed by atoms with Crippen molar-refractivity contribution in [2.75, 3.05) is 20.3 Å². The van der Waals surface area contributed by atoms with Crippen molar-refractivity contribution in [1.82, 2.24) is 4.90 Å². The topological polar surface area (TPSA) is 69.0 Å². The molecule has 1 unspecified atom stereocenters. The number of hydrogen-bond donors (Lipinski definition) is 0. The molecule has 6 nitrogen and oxygen atoms in total. The van der Waals surface area contributed by atoms with E-state index in [9.17, 15) is 9.59 Å². The lowest BCUT2D eigenvalue weighted by Crippen LogP contribution is -2.30. The molecule has 0 aliphatic carbocycles. The summed E-state index contributed by atoms with van der Waals surface area (Å²) in [4.78, 5) is 28.8. The summed E-state index contributed by atoms with van der Waals surface area (Å²) in [6, 6.07) is 8.88. The third-order valence-electron chi connectivity index (χ3n) is 6.14. The van der Waals surface area contributed by atoms with Crippen LogP contribution in [0.2, 0.25) is 0 Å². The minimum atomic E-state index is -0.535. The van der Waals surface area contributed by atoms with E-state index < -0.39 is 6.04 Å². The van der Waals surface area contributed by atoms with Gasteiger partial charge in [-0.3, -0.25) is 9.59 Å². The molecule has 174 valence electrons. The Morgan fingerprint density at radius 3 is 2.52 bits per heavy atom. The van der Waals surface area contributed by atoms with Crippen LogP contribution in [0, 0.1) is 13.8 Å². The van der Waals surface area contributed by atoms with E-state index in [1.165, 1.54) is 0 Å². The molecule has 1 aliphatic rings. The number of nitrogens with zero attached hydrogens (tertiary/aromatic N) is 1. The zero-order valence-electron chi connectivity index (χ0n) is 20.0. The highest BCUT2D eigenvalue weighted by atomic mass is 16.5. The fraction of sp³-hybridized carbons (Fsp3) is 0.407. The molecule has 0 saturated heterocycles. The van der Waals surface area contributed by atoms with Crippen LogP contribution in [0.1, 0.15) is 72.0 Å². The normalized spacial score (nSPS) is 15.2. The molecule has 0 fully saturated rings. The van der Waals surface area contributed by atoms with E-state index in [0.717, 1.165) is 36.0 Å². The Labute approximate surface area is 194 Å². The van der Waals surface area contributed by atoms with Crippen LogP contribution >= 0.6 is 0 Å². The van der Waals surface area contributed by atoms with E-state index in [1.54, 1.807) is 12.0 Å². The first-order chi connectivity index (χ1) is 15.9. The van der Waals surface area contributed by atoms with Crippen molar-refractivity contribution in [3.8, 4) is 11.5 Å². The standard InChI is InChI=1S/C27H31NO5/c1-6-8-12-32-19-10-9-18(15-20(19)31-5)24-23-25(29)22-17(4)13-16(3)14-21(22)33-26(23)27(30)28(24)11-7-2/h9-10,13-15,24H,6-8,11-12H2,1-5H3. The molecule has 0 bridgehead atoms. The van der Waals surface area contributed by atoms with E-state index in [0.29, 0.717) is 41.2 Å². The molecule has 33 heavy (non-hydrogen) atoms. The molecule has 1 aliphatic heterocycles. The number of unbranched alkanes of at least 4 members (excludes halogenated alkanes) is 1. The number of amides is 1. The number of ether oxygens (including phenoxy) is 2. The molecule has 0 spiro atoms. The van der Waals surface area contributed by atoms with Crippen molar-refractivity contribution in [2.24, 2.45) is 0 Å². The van der Waals surface area contributed by atoms with Gasteiger partial charge in [-0.1, -0.05) is 32.4 Å². The highest BCUT2D eigenvalue weighted by Gasteiger charge is 2.42. The second-order valence-electron chi connectivity index (χ2n) is 8.64. The maximum atomic E-state index is 13.7. The van der Waals surface area contributed by atoms with Crippen molar-refractivity contribution in [1.29, 1.82) is 0 Å². The Kier molecular flexibility index (Phi) is 6.45. The lowest BCUT2D eigenvalue weighted by molar-refractivity contribution is 0.0728. The largest absolute Gasteiger partial charge is 0.493 e. The molecule has 0 saturated carbocycles. The van der Waals surface area contributed by atoms with E-state index in [4.69, 9.17) is 13.9 Å². The van der Waals surface area contributed by atoms with Crippen LogP contribution in [0.3, 0.4) is 0 Å². The van der Waals surface area contributed by atoms with Gasteiger partial charge in [0.1, 0.15) is 5.58 Å². The lowest BCUT2D eigenvalue weighted by Gasteiger charge is -2.25. The number of aryl methyl sites for hydroxylation is 2. The van der Waals surface area contributed by atoms with E-state index >= 15 is 0 Å². The number of methoxy groups -OCH3 is 1. The zero-order chi connectivity index (χ0) is 23.7. The van der Waals surface area contributed by atoms with E-state index in [1.807, 2.05) is 51.1 Å². The van der Waals surface area contributed by atoms with Crippen LogP contribution in [0.4, 0.5) is 0 Å². The second-order valence-corrected chi connectivity index (χ2v) is 8.64. The summed E-state index contributed by atoms with van der Waals surface area (Å²) in [5, 5.41) is 0.530. The number of rotatable bonds is 8. The summed E-state index contributed by atoms with van der Waals surface area (Å²) in [6.07, 6.45) is 2.75. The Hall–Kier alpha value is -3.28. The molecule has 3 aromatic rings. The first-order valence-corrected chi connectivity index (χ1v) is 11.6. The van der Waals surface area contributed by atoms with Crippen molar-refractivity contribution in [2.45, 2.75) is 53.0 Å². The highest BCUT2D eigenvalue weighted by molar-refractivity contribution is 5.99. The van der Waals surface area contributed by atoms with Crippen LogP contribution in [-0.2, 0) is 0 Å². The smallest absolute Gasteiger partial charge is 0.290 e. The number of benzene rings is 2. The van der Waals surface area contributed by atoms with E-state index in [-0.39, 0.29) is 17.1 Å². The first-order valence-electron chi connectivity index (χ1n) is 11.6. The summed E-state index contributed by atoms with van der Waals surface area (Å²) in [5.41, 5.74) is 3.33. The molecular formula is C27H31NO5. The van der Waals surface area contributed by atoms with Gasteiger partial charge in [-0.15, -0.1) is 0 Å². The third kappa shape index (κ3) is 3.99. The maximum absolute atomic E-state index is 13.7. The molecule has 6 heteroatoms. The third-order valence-corrected chi connectivity index (χ3v) is 6.14. The SMILES string of the molecule is CCCCOc1ccc(C2c3c(oc4cc(C)cc(C)c4c3=O)C(=O)N2CCC)cc1OC. The number of carbonyl (C=O) groups excluding carboxylic acids is 1. The van der Waals surface area contributed by atoms with Gasteiger partial charge in [-0.05, 0) is 61.6 Å². The van der Waals surface area contributed by atoms with E-state index in [2.05, 4.69) is 6.92 Å². The van der Waals surface area contributed by atoms with Gasteiger partial charge in [0.15, 0.2) is 16.9 Å². The van der Waals surface area contributed by atoms with Crippen molar-refractivity contribution in [3.05, 3.63) is 68.6 Å². The van der Waals surface area contributed by atoms with Crippen LogP contribution in [-0.4, -0.2) is 31.1 Å². The van der Waals surface area contributed by atoms with Crippen LogP contribution < -0.4 is 14.9 Å². The van der Waals surface area contributed by atoms with Crippen molar-refractivity contribution in [3.63, 3.8) is 0 Å². The fourth-order valence-corrected chi connectivity index (χ4v) is 4.63. The molecule has 4 rings (SSSR count). The van der Waals surface area contributed by atoms with Gasteiger partial charge in [0.05, 0.1) is 30.7 Å². The number of fused-ring (bicyclic) bond motifs is 2. The average Bonchev–Trinajstić information content (AvgIpc) is 3.06. The lowest BCUT2D eigenvalue weighted by atomic mass is 9.96. The Bertz CT molecular complexity index is 1260. The van der Waals surface area contributed by atoms with Gasteiger partial charge in [0, 0.05) is 6.54 Å². The average molecular weight is 450 g/mol. The van der Waals surface area contributed by atoms with Gasteiger partial charge in [0.2, 0.25) is 5.76 Å². The molecule has 0 N–H and O–H groups in total. The zero-order valence-corrected chi connectivity index (χ0v) is 20.0. The summed E-state index contributed by atoms with van der Waals surface area (Å²) in [6.45, 7) is 9.09. The summed E-state index contributed by atoms with van der Waals surface area (Å²) < 4.78 is 17.5. The molecular weight excluding hydrogens is 418 g/mol. The summed E-state index contributed by atoms with van der Waals surface area (Å²) >= 11 is 0. The fourth-order valence-electron chi connectivity index (χ4n) is 4.63. The monoisotopic (exact) mass is 449 g/mol. The maximum Gasteiger partial charge on any atom is 0.290 e. The van der Waals surface area contributed by atoms with Gasteiger partial charge < -0.3 is 18.8 Å². The Morgan fingerprint density at radius 2 is 1.82 bits per heavy atom. The second kappa shape index (κ2) is 9.30. The van der Waals surface area contributed by atoms with Gasteiger partial charge in [-0.2, -0.15) is 0 Å². The van der Waals surface area contributed by atoms with Gasteiger partial charge in [-0.25, -0.2) is 0 Å². The summed E-state index contributed by atoms with van der Waals surface area (Å²) in [7, 11) is 1.59. The Morgan fingerprint density at radius 1 is 1.03 bits per heavy atom. The molecule has 1 aromatic heterocycles. The number of hydrogen-bond acceptors (Lipinski definition) is 5. The molecule has 2 heterocycles. The number of carbonyl (C=O) groups is 1. The highest BCUT2D eigenvalue weighted by Crippen LogP contribution is 2.41. The molecule has 0 radical (unpaired) electrons. The van der Waals surface area contributed by atoms with Crippen molar-refractivity contribution < 1.29 is 18.7 Å². The Balaban J connectivity index is 1.89. The van der Waals surface area contributed by atoms with Crippen LogP contribution in [0.5, 0.6) is 11.5 Å².